The van der Waals surface area contributed by atoms with Crippen molar-refractivity contribution in [2.45, 2.75) is 19.8 Å². The summed E-state index contributed by atoms with van der Waals surface area (Å²) in [6.45, 7) is 3.76. The fourth-order valence-electron chi connectivity index (χ4n) is 1.51. The third-order valence-electron chi connectivity index (χ3n) is 2.52. The first-order valence-corrected chi connectivity index (χ1v) is 5.45. The Labute approximate surface area is 96.2 Å². The van der Waals surface area contributed by atoms with Crippen LogP contribution >= 0.6 is 0 Å². The third kappa shape index (κ3) is 4.31. The van der Waals surface area contributed by atoms with E-state index in [4.69, 9.17) is 10.9 Å². The van der Waals surface area contributed by atoms with Gasteiger partial charge in [-0.2, -0.15) is 0 Å². The van der Waals surface area contributed by atoms with E-state index in [1.807, 2.05) is 6.07 Å². The van der Waals surface area contributed by atoms with Gasteiger partial charge in [-0.3, -0.25) is 0 Å². The van der Waals surface area contributed by atoms with Crippen molar-refractivity contribution < 1.29 is 5.21 Å². The number of rotatable bonds is 6. The van der Waals surface area contributed by atoms with E-state index in [2.05, 4.69) is 35.6 Å². The number of nitrogens with zero attached hydrogens (tertiary/aromatic N) is 1. The summed E-state index contributed by atoms with van der Waals surface area (Å²) < 4.78 is 0. The molecule has 1 aromatic carbocycles. The number of amidine groups is 1. The van der Waals surface area contributed by atoms with Crippen molar-refractivity contribution in [1.29, 1.82) is 0 Å². The van der Waals surface area contributed by atoms with Crippen LogP contribution in [0.2, 0.25) is 0 Å². The molecule has 0 fully saturated rings. The van der Waals surface area contributed by atoms with Crippen LogP contribution in [0, 0.1) is 6.92 Å². The summed E-state index contributed by atoms with van der Waals surface area (Å²) in [6.07, 6.45) is 1.58. The topological polar surface area (TPSA) is 70.6 Å². The van der Waals surface area contributed by atoms with Gasteiger partial charge in [0.2, 0.25) is 0 Å². The summed E-state index contributed by atoms with van der Waals surface area (Å²) in [6, 6.07) is 8.36. The van der Waals surface area contributed by atoms with E-state index in [9.17, 15) is 0 Å². The highest BCUT2D eigenvalue weighted by Gasteiger charge is 1.97. The van der Waals surface area contributed by atoms with Gasteiger partial charge in [-0.05, 0) is 31.0 Å². The summed E-state index contributed by atoms with van der Waals surface area (Å²) in [7, 11) is 0. The molecule has 4 heteroatoms. The van der Waals surface area contributed by atoms with E-state index >= 15 is 0 Å². The highest BCUT2D eigenvalue weighted by Crippen LogP contribution is 2.06. The molecule has 0 radical (unpaired) electrons. The molecule has 0 aliphatic rings. The zero-order valence-corrected chi connectivity index (χ0v) is 9.61. The number of nitrogens with one attached hydrogen (secondary N) is 1. The van der Waals surface area contributed by atoms with Crippen LogP contribution < -0.4 is 11.1 Å². The van der Waals surface area contributed by atoms with Gasteiger partial charge in [-0.25, -0.2) is 0 Å². The number of hydrogen-bond donors (Lipinski definition) is 3. The van der Waals surface area contributed by atoms with E-state index in [-0.39, 0.29) is 5.84 Å². The van der Waals surface area contributed by atoms with Gasteiger partial charge in [0.15, 0.2) is 0 Å². The molecule has 0 aliphatic heterocycles. The zero-order valence-electron chi connectivity index (χ0n) is 9.61. The van der Waals surface area contributed by atoms with Gasteiger partial charge in [0.25, 0.3) is 0 Å². The Morgan fingerprint density at radius 1 is 1.38 bits per heavy atom. The number of hydrogen-bond acceptors (Lipinski definition) is 3. The minimum absolute atomic E-state index is 0.267. The van der Waals surface area contributed by atoms with Gasteiger partial charge in [-0.1, -0.05) is 29.4 Å². The molecule has 1 aromatic rings. The van der Waals surface area contributed by atoms with Crippen molar-refractivity contribution >= 4 is 5.84 Å². The van der Waals surface area contributed by atoms with Gasteiger partial charge in [-0.15, -0.1) is 0 Å². The number of aryl methyl sites for hydroxylation is 1. The summed E-state index contributed by atoms with van der Waals surface area (Å²) in [5.74, 6) is 0.267. The number of oxime groups is 1. The lowest BCUT2D eigenvalue weighted by Crippen LogP contribution is -2.24. The van der Waals surface area contributed by atoms with Crippen LogP contribution in [0.15, 0.2) is 29.4 Å². The Hall–Kier alpha value is -1.55. The van der Waals surface area contributed by atoms with E-state index in [1.54, 1.807) is 0 Å². The van der Waals surface area contributed by atoms with Crippen LogP contribution in [0.25, 0.3) is 0 Å². The molecule has 0 saturated heterocycles. The minimum atomic E-state index is 0.267. The van der Waals surface area contributed by atoms with Crippen molar-refractivity contribution in [3.8, 4) is 0 Å². The van der Waals surface area contributed by atoms with E-state index < -0.39 is 0 Å². The fraction of sp³-hybridized carbons (Fsp3) is 0.417. The maximum atomic E-state index is 8.34. The van der Waals surface area contributed by atoms with Gasteiger partial charge in [0.05, 0.1) is 0 Å². The number of nitrogens with two attached hydrogens (primary N) is 1. The summed E-state index contributed by atoms with van der Waals surface area (Å²) >= 11 is 0. The Morgan fingerprint density at radius 2 is 2.12 bits per heavy atom. The first-order chi connectivity index (χ1) is 7.74. The molecule has 0 heterocycles. The maximum absolute atomic E-state index is 8.34. The molecule has 0 unspecified atom stereocenters. The van der Waals surface area contributed by atoms with Crippen LogP contribution in [-0.4, -0.2) is 24.1 Å². The van der Waals surface area contributed by atoms with E-state index in [0.717, 1.165) is 19.5 Å². The van der Waals surface area contributed by atoms with Crippen LogP contribution in [0.5, 0.6) is 0 Å². The normalized spacial score (nSPS) is 11.7. The molecule has 0 amide bonds. The fourth-order valence-corrected chi connectivity index (χ4v) is 1.51. The first kappa shape index (κ1) is 12.5. The van der Waals surface area contributed by atoms with E-state index in [1.165, 1.54) is 11.1 Å². The second-order valence-corrected chi connectivity index (χ2v) is 3.77. The van der Waals surface area contributed by atoms with Crippen LogP contribution in [0.4, 0.5) is 0 Å². The Bertz CT molecular complexity index is 350. The average Bonchev–Trinajstić information content (AvgIpc) is 2.30. The molecule has 1 rings (SSSR count). The summed E-state index contributed by atoms with van der Waals surface area (Å²) in [5, 5.41) is 14.5. The van der Waals surface area contributed by atoms with Gasteiger partial charge in [0.1, 0.15) is 5.84 Å². The molecule has 0 spiro atoms. The predicted octanol–water partition coefficient (Wildman–Crippen LogP) is 1.26. The Balaban J connectivity index is 2.19. The monoisotopic (exact) mass is 221 g/mol. The van der Waals surface area contributed by atoms with Crippen molar-refractivity contribution in [3.05, 3.63) is 35.4 Å². The molecule has 0 saturated carbocycles. The lowest BCUT2D eigenvalue weighted by atomic mass is 10.1. The molecule has 16 heavy (non-hydrogen) atoms. The van der Waals surface area contributed by atoms with E-state index in [0.29, 0.717) is 6.42 Å². The molecule has 4 N–H and O–H groups in total. The quantitative estimate of drug-likeness (QED) is 0.223. The molecule has 4 nitrogen and oxygen atoms in total. The number of benzene rings is 1. The first-order valence-electron chi connectivity index (χ1n) is 5.45. The second-order valence-electron chi connectivity index (χ2n) is 3.77. The standard InChI is InChI=1S/C12H19N3O/c1-10-4-2-3-5-11(10)6-8-14-9-7-12(13)15-16/h2-5,14,16H,6-9H2,1H3,(H2,13,15). The van der Waals surface area contributed by atoms with Crippen LogP contribution in [0.3, 0.4) is 0 Å². The molecule has 0 bridgehead atoms. The van der Waals surface area contributed by atoms with Crippen molar-refractivity contribution in [3.63, 3.8) is 0 Å². The third-order valence-corrected chi connectivity index (χ3v) is 2.52. The Kier molecular flexibility index (Phi) is 5.36. The second kappa shape index (κ2) is 6.85. The zero-order chi connectivity index (χ0) is 11.8. The molecule has 0 atom stereocenters. The van der Waals surface area contributed by atoms with Crippen LogP contribution in [0.1, 0.15) is 17.5 Å². The van der Waals surface area contributed by atoms with Crippen molar-refractivity contribution in [2.75, 3.05) is 13.1 Å². The highest BCUT2D eigenvalue weighted by atomic mass is 16.4. The predicted molar refractivity (Wildman–Crippen MR) is 65.8 cm³/mol. The molecular formula is C12H19N3O. The Morgan fingerprint density at radius 3 is 2.81 bits per heavy atom. The summed E-state index contributed by atoms with van der Waals surface area (Å²) in [4.78, 5) is 0. The van der Waals surface area contributed by atoms with Gasteiger partial charge in [0, 0.05) is 13.0 Å². The van der Waals surface area contributed by atoms with Crippen LogP contribution in [-0.2, 0) is 6.42 Å². The summed E-state index contributed by atoms with van der Waals surface area (Å²) in [5.41, 5.74) is 8.03. The van der Waals surface area contributed by atoms with Gasteiger partial charge >= 0.3 is 0 Å². The highest BCUT2D eigenvalue weighted by molar-refractivity contribution is 5.79. The molecular weight excluding hydrogens is 202 g/mol. The van der Waals surface area contributed by atoms with Crippen molar-refractivity contribution in [2.24, 2.45) is 10.9 Å². The average molecular weight is 221 g/mol. The largest absolute Gasteiger partial charge is 0.409 e. The smallest absolute Gasteiger partial charge is 0.140 e. The molecule has 88 valence electrons. The maximum Gasteiger partial charge on any atom is 0.140 e. The minimum Gasteiger partial charge on any atom is -0.409 e. The SMILES string of the molecule is Cc1ccccc1CCNCCC(N)=NO. The van der Waals surface area contributed by atoms with Crippen molar-refractivity contribution in [1.82, 2.24) is 5.32 Å². The lowest BCUT2D eigenvalue weighted by molar-refractivity contribution is 0.316. The molecule has 0 aliphatic carbocycles. The van der Waals surface area contributed by atoms with Gasteiger partial charge < -0.3 is 16.3 Å². The molecule has 0 aromatic heterocycles. The lowest BCUT2D eigenvalue weighted by Gasteiger charge is -2.06.